The smallest absolute Gasteiger partial charge is 0.179 e. The van der Waals surface area contributed by atoms with E-state index in [0.717, 1.165) is 6.42 Å². The summed E-state index contributed by atoms with van der Waals surface area (Å²) in [4.78, 5) is 0. The van der Waals surface area contributed by atoms with Gasteiger partial charge in [-0.2, -0.15) is 0 Å². The predicted molar refractivity (Wildman–Crippen MR) is 49.6 cm³/mol. The van der Waals surface area contributed by atoms with Gasteiger partial charge in [0.2, 0.25) is 0 Å². The van der Waals surface area contributed by atoms with Crippen LogP contribution in [0.4, 0.5) is 0 Å². The molecule has 0 amide bonds. The van der Waals surface area contributed by atoms with Gasteiger partial charge in [-0.1, -0.05) is 27.7 Å². The van der Waals surface area contributed by atoms with Gasteiger partial charge in [-0.25, -0.2) is 0 Å². The van der Waals surface area contributed by atoms with E-state index in [2.05, 4.69) is 27.7 Å². The van der Waals surface area contributed by atoms with Gasteiger partial charge in [0.1, 0.15) is 0 Å². The van der Waals surface area contributed by atoms with Crippen molar-refractivity contribution in [2.24, 2.45) is 11.3 Å². The molecule has 0 aliphatic carbocycles. The lowest BCUT2D eigenvalue weighted by Gasteiger charge is -2.22. The molecular formula is C8H19O2P. The predicted octanol–water partition coefficient (Wildman–Crippen LogP) is 2.75. The molecule has 0 heterocycles. The SMILES string of the molecule is CC(CO[PH2]=O)CC(C)(C)C. The first-order chi connectivity index (χ1) is 4.95. The Labute approximate surface area is 70.6 Å². The molecule has 0 radical (unpaired) electrons. The molecule has 0 aliphatic rings. The highest BCUT2D eigenvalue weighted by Crippen LogP contribution is 2.24. The molecule has 0 aromatic rings. The van der Waals surface area contributed by atoms with E-state index in [1.807, 2.05) is 0 Å². The van der Waals surface area contributed by atoms with Crippen molar-refractivity contribution in [1.29, 1.82) is 0 Å². The van der Waals surface area contributed by atoms with Gasteiger partial charge < -0.3 is 4.52 Å². The Hall–Kier alpha value is 0.190. The van der Waals surface area contributed by atoms with Crippen molar-refractivity contribution in [3.8, 4) is 0 Å². The molecule has 2 atom stereocenters. The molecule has 0 saturated carbocycles. The molecule has 0 fully saturated rings. The van der Waals surface area contributed by atoms with E-state index in [1.165, 1.54) is 0 Å². The minimum Gasteiger partial charge on any atom is -0.332 e. The summed E-state index contributed by atoms with van der Waals surface area (Å²) < 4.78 is 14.9. The van der Waals surface area contributed by atoms with Crippen LogP contribution in [0.1, 0.15) is 34.1 Å². The molecule has 0 aliphatic heterocycles. The molecule has 0 aromatic heterocycles. The Kier molecular flexibility index (Phi) is 5.03. The first-order valence-electron chi connectivity index (χ1n) is 4.01. The molecule has 2 nitrogen and oxygen atoms in total. The molecule has 11 heavy (non-hydrogen) atoms. The van der Waals surface area contributed by atoms with Crippen LogP contribution < -0.4 is 0 Å². The monoisotopic (exact) mass is 178 g/mol. The zero-order chi connectivity index (χ0) is 8.91. The summed E-state index contributed by atoms with van der Waals surface area (Å²) >= 11 is 0. The second-order valence-electron chi connectivity index (χ2n) is 4.30. The average molecular weight is 178 g/mol. The van der Waals surface area contributed by atoms with Gasteiger partial charge in [-0.05, 0) is 17.8 Å². The molecule has 68 valence electrons. The second kappa shape index (κ2) is 4.95. The van der Waals surface area contributed by atoms with Gasteiger partial charge >= 0.3 is 0 Å². The highest BCUT2D eigenvalue weighted by molar-refractivity contribution is 7.17. The van der Waals surface area contributed by atoms with E-state index in [4.69, 9.17) is 4.52 Å². The van der Waals surface area contributed by atoms with Gasteiger partial charge in [-0.15, -0.1) is 0 Å². The molecular weight excluding hydrogens is 159 g/mol. The van der Waals surface area contributed by atoms with Crippen LogP contribution in [0.2, 0.25) is 0 Å². The van der Waals surface area contributed by atoms with E-state index < -0.39 is 8.69 Å². The highest BCUT2D eigenvalue weighted by Gasteiger charge is 2.14. The molecule has 0 bridgehead atoms. The number of rotatable bonds is 4. The van der Waals surface area contributed by atoms with Crippen molar-refractivity contribution < 1.29 is 9.09 Å². The Morgan fingerprint density at radius 3 is 2.36 bits per heavy atom. The average Bonchev–Trinajstić information content (AvgIpc) is 1.79. The van der Waals surface area contributed by atoms with Crippen LogP contribution in [-0.2, 0) is 9.09 Å². The first-order valence-corrected chi connectivity index (χ1v) is 4.95. The van der Waals surface area contributed by atoms with Crippen molar-refractivity contribution >= 4 is 8.69 Å². The molecule has 3 heteroatoms. The van der Waals surface area contributed by atoms with Gasteiger partial charge in [0, 0.05) is 0 Å². The van der Waals surface area contributed by atoms with Gasteiger partial charge in [0.15, 0.2) is 8.69 Å². The normalized spacial score (nSPS) is 16.0. The Balaban J connectivity index is 3.51. The second-order valence-corrected chi connectivity index (χ2v) is 4.83. The van der Waals surface area contributed by atoms with Crippen molar-refractivity contribution in [3.05, 3.63) is 0 Å². The van der Waals surface area contributed by atoms with Crippen molar-refractivity contribution in [3.63, 3.8) is 0 Å². The summed E-state index contributed by atoms with van der Waals surface area (Å²) in [6, 6.07) is 0. The summed E-state index contributed by atoms with van der Waals surface area (Å²) in [5.74, 6) is 0.511. The highest BCUT2D eigenvalue weighted by atomic mass is 31.1. The molecule has 2 unspecified atom stereocenters. The maximum atomic E-state index is 10.1. The van der Waals surface area contributed by atoms with Crippen LogP contribution in [0.3, 0.4) is 0 Å². The minimum atomic E-state index is -1.02. The lowest BCUT2D eigenvalue weighted by Crippen LogP contribution is -2.13. The van der Waals surface area contributed by atoms with Crippen LogP contribution in [-0.4, -0.2) is 6.61 Å². The fourth-order valence-corrected chi connectivity index (χ4v) is 1.71. The van der Waals surface area contributed by atoms with E-state index >= 15 is 0 Å². The van der Waals surface area contributed by atoms with Crippen LogP contribution in [0, 0.1) is 11.3 Å². The van der Waals surface area contributed by atoms with Crippen LogP contribution in [0.5, 0.6) is 0 Å². The summed E-state index contributed by atoms with van der Waals surface area (Å²) in [5, 5.41) is 0. The van der Waals surface area contributed by atoms with Gasteiger partial charge in [-0.3, -0.25) is 4.57 Å². The lowest BCUT2D eigenvalue weighted by atomic mass is 9.86. The third kappa shape index (κ3) is 8.09. The van der Waals surface area contributed by atoms with Gasteiger partial charge in [0.25, 0.3) is 0 Å². The fraction of sp³-hybridized carbons (Fsp3) is 1.00. The quantitative estimate of drug-likeness (QED) is 0.619. The largest absolute Gasteiger partial charge is 0.332 e. The van der Waals surface area contributed by atoms with E-state index in [1.54, 1.807) is 0 Å². The fourth-order valence-electron chi connectivity index (χ4n) is 1.31. The van der Waals surface area contributed by atoms with Crippen molar-refractivity contribution in [2.45, 2.75) is 34.1 Å². The molecule has 0 spiro atoms. The van der Waals surface area contributed by atoms with Gasteiger partial charge in [0.05, 0.1) is 6.61 Å². The van der Waals surface area contributed by atoms with Crippen molar-refractivity contribution in [1.82, 2.24) is 0 Å². The molecule has 0 rings (SSSR count). The third-order valence-corrected chi connectivity index (χ3v) is 1.74. The topological polar surface area (TPSA) is 26.3 Å². The number of hydrogen-bond acceptors (Lipinski definition) is 2. The van der Waals surface area contributed by atoms with E-state index in [0.29, 0.717) is 17.9 Å². The van der Waals surface area contributed by atoms with Crippen LogP contribution in [0.25, 0.3) is 0 Å². The maximum Gasteiger partial charge on any atom is 0.179 e. The maximum absolute atomic E-state index is 10.1. The minimum absolute atomic E-state index is 0.348. The van der Waals surface area contributed by atoms with E-state index in [-0.39, 0.29) is 0 Å². The zero-order valence-electron chi connectivity index (χ0n) is 7.89. The first kappa shape index (κ1) is 11.2. The van der Waals surface area contributed by atoms with Crippen molar-refractivity contribution in [2.75, 3.05) is 6.61 Å². The summed E-state index contributed by atoms with van der Waals surface area (Å²) in [6.07, 6.45) is 1.12. The van der Waals surface area contributed by atoms with Crippen LogP contribution >= 0.6 is 8.69 Å². The molecule has 0 saturated heterocycles. The Morgan fingerprint density at radius 2 is 2.00 bits per heavy atom. The standard InChI is InChI=1S/C8H19O2P/c1-7(6-10-11-9)5-8(2,3)4/h7H,5-6,11H2,1-4H3. The summed E-state index contributed by atoms with van der Waals surface area (Å²) in [5.41, 5.74) is 0.348. The zero-order valence-corrected chi connectivity index (χ0v) is 9.04. The lowest BCUT2D eigenvalue weighted by molar-refractivity contribution is 0.220. The summed E-state index contributed by atoms with van der Waals surface area (Å²) in [7, 11) is -1.02. The molecule has 0 N–H and O–H groups in total. The molecule has 0 aromatic carbocycles. The van der Waals surface area contributed by atoms with E-state index in [9.17, 15) is 4.57 Å². The Morgan fingerprint density at radius 1 is 1.45 bits per heavy atom. The number of hydrogen-bond donors (Lipinski definition) is 0. The van der Waals surface area contributed by atoms with Crippen LogP contribution in [0.15, 0.2) is 0 Å². The Bertz CT molecular complexity index is 118. The summed E-state index contributed by atoms with van der Waals surface area (Å²) in [6.45, 7) is 9.37. The third-order valence-electron chi connectivity index (χ3n) is 1.41.